The zero-order chi connectivity index (χ0) is 9.97. The average Bonchev–Trinajstić information content (AvgIpc) is 2.41. The summed E-state index contributed by atoms with van der Waals surface area (Å²) in [5.74, 6) is 1.85. The van der Waals surface area contributed by atoms with Gasteiger partial charge in [-0.25, -0.2) is 0 Å². The lowest BCUT2D eigenvalue weighted by molar-refractivity contribution is -0.123. The van der Waals surface area contributed by atoms with Gasteiger partial charge in [0.25, 0.3) is 0 Å². The van der Waals surface area contributed by atoms with Gasteiger partial charge >= 0.3 is 0 Å². The van der Waals surface area contributed by atoms with Crippen molar-refractivity contribution < 1.29 is 4.79 Å². The van der Waals surface area contributed by atoms with Crippen molar-refractivity contribution >= 4 is 5.91 Å². The molecule has 0 spiro atoms. The summed E-state index contributed by atoms with van der Waals surface area (Å²) < 4.78 is 0. The molecule has 0 bridgehead atoms. The van der Waals surface area contributed by atoms with E-state index in [1.807, 2.05) is 0 Å². The van der Waals surface area contributed by atoms with Crippen molar-refractivity contribution in [3.8, 4) is 0 Å². The van der Waals surface area contributed by atoms with E-state index in [0.29, 0.717) is 0 Å². The van der Waals surface area contributed by atoms with Crippen LogP contribution in [0.4, 0.5) is 0 Å². The van der Waals surface area contributed by atoms with E-state index in [1.165, 1.54) is 38.5 Å². The number of hydrogen-bond donors (Lipinski definition) is 1. The molecule has 1 amide bonds. The van der Waals surface area contributed by atoms with E-state index in [1.54, 1.807) is 0 Å². The molecule has 2 heteroatoms. The Kier molecular flexibility index (Phi) is 3.09. The number of amides is 1. The number of nitrogens with two attached hydrogens (primary N) is 1. The van der Waals surface area contributed by atoms with E-state index >= 15 is 0 Å². The minimum Gasteiger partial charge on any atom is -0.369 e. The van der Waals surface area contributed by atoms with Crippen molar-refractivity contribution in [2.24, 2.45) is 23.5 Å². The molecule has 0 aliphatic heterocycles. The van der Waals surface area contributed by atoms with Gasteiger partial charge < -0.3 is 5.73 Å². The van der Waals surface area contributed by atoms with Crippen molar-refractivity contribution in [1.82, 2.24) is 0 Å². The van der Waals surface area contributed by atoms with E-state index in [2.05, 4.69) is 0 Å². The van der Waals surface area contributed by atoms with Gasteiger partial charge in [0.2, 0.25) is 5.91 Å². The second-order valence-electron chi connectivity index (χ2n) is 5.07. The average molecular weight is 195 g/mol. The van der Waals surface area contributed by atoms with Gasteiger partial charge in [-0.3, -0.25) is 4.79 Å². The fourth-order valence-electron chi connectivity index (χ4n) is 3.31. The van der Waals surface area contributed by atoms with Crippen LogP contribution in [0.1, 0.15) is 51.4 Å². The number of rotatable bonds is 1. The molecule has 0 aromatic rings. The fourth-order valence-corrected chi connectivity index (χ4v) is 3.31. The Morgan fingerprint density at radius 2 is 1.64 bits per heavy atom. The largest absolute Gasteiger partial charge is 0.369 e. The first-order valence-corrected chi connectivity index (χ1v) is 6.06. The van der Waals surface area contributed by atoms with Crippen LogP contribution in [0.15, 0.2) is 0 Å². The zero-order valence-electron chi connectivity index (χ0n) is 8.87. The van der Waals surface area contributed by atoms with Gasteiger partial charge in [-0.1, -0.05) is 32.1 Å². The summed E-state index contributed by atoms with van der Waals surface area (Å²) in [6.07, 6.45) is 10.3. The molecule has 0 aromatic carbocycles. The first-order valence-electron chi connectivity index (χ1n) is 6.06. The van der Waals surface area contributed by atoms with Crippen molar-refractivity contribution in [2.75, 3.05) is 0 Å². The molecule has 0 aromatic heterocycles. The van der Waals surface area contributed by atoms with Crippen molar-refractivity contribution in [1.29, 1.82) is 0 Å². The van der Waals surface area contributed by atoms with Crippen LogP contribution in [-0.4, -0.2) is 5.91 Å². The van der Waals surface area contributed by atoms with Crippen molar-refractivity contribution in [3.63, 3.8) is 0 Å². The molecule has 2 aliphatic carbocycles. The summed E-state index contributed by atoms with van der Waals surface area (Å²) in [6, 6.07) is 0. The Morgan fingerprint density at radius 1 is 0.929 bits per heavy atom. The minimum atomic E-state index is -0.0623. The number of carbonyl (C=O) groups is 1. The maximum atomic E-state index is 11.1. The first-order chi connectivity index (χ1) is 6.77. The van der Waals surface area contributed by atoms with E-state index in [-0.39, 0.29) is 11.8 Å². The maximum Gasteiger partial charge on any atom is 0.220 e. The van der Waals surface area contributed by atoms with Crippen molar-refractivity contribution in [3.05, 3.63) is 0 Å². The lowest BCUT2D eigenvalue weighted by atomic mass is 9.72. The van der Waals surface area contributed by atoms with Crippen LogP contribution < -0.4 is 5.73 Å². The topological polar surface area (TPSA) is 43.1 Å². The van der Waals surface area contributed by atoms with Gasteiger partial charge in [-0.05, 0) is 31.1 Å². The predicted octanol–water partition coefficient (Wildman–Crippen LogP) is 2.47. The van der Waals surface area contributed by atoms with Crippen LogP contribution in [0.5, 0.6) is 0 Å². The molecule has 2 rings (SSSR count). The SMILES string of the molecule is NC(=O)C1CCC2CCCCCC2C1. The summed E-state index contributed by atoms with van der Waals surface area (Å²) in [5.41, 5.74) is 5.39. The van der Waals surface area contributed by atoms with Crippen LogP contribution in [0.3, 0.4) is 0 Å². The van der Waals surface area contributed by atoms with Gasteiger partial charge in [0.15, 0.2) is 0 Å². The van der Waals surface area contributed by atoms with Crippen molar-refractivity contribution in [2.45, 2.75) is 51.4 Å². The molecule has 14 heavy (non-hydrogen) atoms. The molecule has 0 radical (unpaired) electrons. The Bertz CT molecular complexity index is 214. The van der Waals surface area contributed by atoms with Gasteiger partial charge in [0.05, 0.1) is 0 Å². The van der Waals surface area contributed by atoms with Gasteiger partial charge in [-0.2, -0.15) is 0 Å². The third-order valence-electron chi connectivity index (χ3n) is 4.19. The molecular formula is C12H21NO. The van der Waals surface area contributed by atoms with E-state index in [9.17, 15) is 4.79 Å². The highest BCUT2D eigenvalue weighted by atomic mass is 16.1. The van der Waals surface area contributed by atoms with E-state index < -0.39 is 0 Å². The molecule has 0 heterocycles. The first kappa shape index (κ1) is 10.0. The number of fused-ring (bicyclic) bond motifs is 1. The van der Waals surface area contributed by atoms with Gasteiger partial charge in [0, 0.05) is 5.92 Å². The smallest absolute Gasteiger partial charge is 0.220 e. The highest BCUT2D eigenvalue weighted by molar-refractivity contribution is 5.76. The molecule has 3 unspecified atom stereocenters. The Hall–Kier alpha value is -0.530. The van der Waals surface area contributed by atoms with Gasteiger partial charge in [0.1, 0.15) is 0 Å². The highest BCUT2D eigenvalue weighted by Gasteiger charge is 2.33. The lowest BCUT2D eigenvalue weighted by Gasteiger charge is -2.33. The molecule has 80 valence electrons. The van der Waals surface area contributed by atoms with Gasteiger partial charge in [-0.15, -0.1) is 0 Å². The molecule has 3 atom stereocenters. The van der Waals surface area contributed by atoms with Crippen LogP contribution >= 0.6 is 0 Å². The number of primary amides is 1. The van der Waals surface area contributed by atoms with Crippen LogP contribution in [-0.2, 0) is 4.79 Å². The molecular weight excluding hydrogens is 174 g/mol. The minimum absolute atomic E-state index is 0.0623. The monoisotopic (exact) mass is 195 g/mol. The Morgan fingerprint density at radius 3 is 2.36 bits per heavy atom. The fraction of sp³-hybridized carbons (Fsp3) is 0.917. The Labute approximate surface area is 86.2 Å². The second-order valence-corrected chi connectivity index (χ2v) is 5.07. The van der Waals surface area contributed by atoms with E-state index in [4.69, 9.17) is 5.73 Å². The van der Waals surface area contributed by atoms with E-state index in [0.717, 1.165) is 24.7 Å². The van der Waals surface area contributed by atoms with Crippen LogP contribution in [0.25, 0.3) is 0 Å². The number of hydrogen-bond acceptors (Lipinski definition) is 1. The molecule has 2 saturated carbocycles. The second kappa shape index (κ2) is 4.33. The maximum absolute atomic E-state index is 11.1. The lowest BCUT2D eigenvalue weighted by Crippen LogP contribution is -2.32. The zero-order valence-corrected chi connectivity index (χ0v) is 8.87. The standard InChI is InChI=1S/C12H21NO/c13-12(14)11-7-6-9-4-2-1-3-5-10(9)8-11/h9-11H,1-8H2,(H2,13,14). The summed E-state index contributed by atoms with van der Waals surface area (Å²) in [4.78, 5) is 11.1. The molecule has 2 aliphatic rings. The summed E-state index contributed by atoms with van der Waals surface area (Å²) >= 11 is 0. The quantitative estimate of drug-likeness (QED) is 0.686. The third kappa shape index (κ3) is 2.10. The molecule has 2 N–H and O–H groups in total. The summed E-state index contributed by atoms with van der Waals surface area (Å²) in [7, 11) is 0. The normalized spacial score (nSPS) is 38.4. The number of carbonyl (C=O) groups excluding carboxylic acids is 1. The highest BCUT2D eigenvalue weighted by Crippen LogP contribution is 2.41. The molecule has 0 saturated heterocycles. The van der Waals surface area contributed by atoms with Crippen LogP contribution in [0.2, 0.25) is 0 Å². The summed E-state index contributed by atoms with van der Waals surface area (Å²) in [5, 5.41) is 0. The Balaban J connectivity index is 1.96. The summed E-state index contributed by atoms with van der Waals surface area (Å²) in [6.45, 7) is 0. The molecule has 2 fully saturated rings. The third-order valence-corrected chi connectivity index (χ3v) is 4.19. The van der Waals surface area contributed by atoms with Crippen LogP contribution in [0, 0.1) is 17.8 Å². The predicted molar refractivity (Wildman–Crippen MR) is 56.6 cm³/mol. The molecule has 2 nitrogen and oxygen atoms in total.